The summed E-state index contributed by atoms with van der Waals surface area (Å²) in [6, 6.07) is 8.70. The van der Waals surface area contributed by atoms with Crippen molar-refractivity contribution in [3.05, 3.63) is 53.3 Å². The lowest BCUT2D eigenvalue weighted by Gasteiger charge is -2.15. The zero-order chi connectivity index (χ0) is 13.7. The molecule has 0 saturated heterocycles. The van der Waals surface area contributed by atoms with Crippen molar-refractivity contribution < 1.29 is 0 Å². The molecule has 0 aliphatic rings. The van der Waals surface area contributed by atoms with E-state index in [2.05, 4.69) is 47.5 Å². The lowest BCUT2D eigenvalue weighted by atomic mass is 10.1. The van der Waals surface area contributed by atoms with Gasteiger partial charge in [0, 0.05) is 31.9 Å². The summed E-state index contributed by atoms with van der Waals surface area (Å²) in [6.07, 6.45) is 4.92. The molecule has 4 nitrogen and oxygen atoms in total. The van der Waals surface area contributed by atoms with Crippen molar-refractivity contribution in [2.45, 2.75) is 19.5 Å². The summed E-state index contributed by atoms with van der Waals surface area (Å²) in [5.74, 6) is 0. The molecule has 0 radical (unpaired) electrons. The first-order valence-corrected chi connectivity index (χ1v) is 6.61. The summed E-state index contributed by atoms with van der Waals surface area (Å²) in [5.41, 5.74) is 9.42. The molecule has 0 aliphatic carbocycles. The Kier molecular flexibility index (Phi) is 4.71. The van der Waals surface area contributed by atoms with E-state index in [1.165, 1.54) is 16.7 Å². The molecule has 0 fully saturated rings. The number of hydrogen-bond acceptors (Lipinski definition) is 3. The van der Waals surface area contributed by atoms with Gasteiger partial charge in [0.2, 0.25) is 0 Å². The molecule has 2 N–H and O–H groups in total. The van der Waals surface area contributed by atoms with E-state index in [1.807, 2.05) is 17.9 Å². The number of hydrogen-bond donors (Lipinski definition) is 1. The van der Waals surface area contributed by atoms with Gasteiger partial charge in [-0.2, -0.15) is 5.10 Å². The van der Waals surface area contributed by atoms with Gasteiger partial charge in [-0.1, -0.05) is 24.3 Å². The summed E-state index contributed by atoms with van der Waals surface area (Å²) >= 11 is 0. The smallest absolute Gasteiger partial charge is 0.0534 e. The van der Waals surface area contributed by atoms with Crippen molar-refractivity contribution >= 4 is 0 Å². The van der Waals surface area contributed by atoms with Crippen molar-refractivity contribution in [1.82, 2.24) is 14.7 Å². The molecule has 0 saturated carbocycles. The van der Waals surface area contributed by atoms with E-state index < -0.39 is 0 Å². The fourth-order valence-corrected chi connectivity index (χ4v) is 2.21. The zero-order valence-corrected chi connectivity index (χ0v) is 11.7. The molecule has 2 rings (SSSR count). The molecule has 4 heteroatoms. The van der Waals surface area contributed by atoms with Crippen LogP contribution in [0.5, 0.6) is 0 Å². The van der Waals surface area contributed by atoms with Crippen molar-refractivity contribution in [2.24, 2.45) is 12.8 Å². The SMILES string of the molecule is CN(Cc1ccc(CCN)cc1)Cc1cnn(C)c1. The minimum atomic E-state index is 0.709. The van der Waals surface area contributed by atoms with Gasteiger partial charge in [-0.15, -0.1) is 0 Å². The molecule has 102 valence electrons. The average molecular weight is 258 g/mol. The molecule has 1 aromatic heterocycles. The predicted molar refractivity (Wildman–Crippen MR) is 77.6 cm³/mol. The van der Waals surface area contributed by atoms with Crippen LogP contribution in [0.3, 0.4) is 0 Å². The van der Waals surface area contributed by atoms with Crippen molar-refractivity contribution in [2.75, 3.05) is 13.6 Å². The van der Waals surface area contributed by atoms with Crippen LogP contribution < -0.4 is 5.73 Å². The lowest BCUT2D eigenvalue weighted by Crippen LogP contribution is -2.16. The van der Waals surface area contributed by atoms with Crippen LogP contribution in [0.2, 0.25) is 0 Å². The van der Waals surface area contributed by atoms with E-state index in [0.29, 0.717) is 6.54 Å². The third-order valence-electron chi connectivity index (χ3n) is 3.12. The Morgan fingerprint density at radius 1 is 1.11 bits per heavy atom. The van der Waals surface area contributed by atoms with E-state index in [0.717, 1.165) is 19.5 Å². The highest BCUT2D eigenvalue weighted by Crippen LogP contribution is 2.09. The highest BCUT2D eigenvalue weighted by molar-refractivity contribution is 5.22. The van der Waals surface area contributed by atoms with Gasteiger partial charge in [0.15, 0.2) is 0 Å². The van der Waals surface area contributed by atoms with E-state index in [9.17, 15) is 0 Å². The Labute approximate surface area is 114 Å². The first-order chi connectivity index (χ1) is 9.17. The van der Waals surface area contributed by atoms with E-state index in [-0.39, 0.29) is 0 Å². The molecule has 0 atom stereocenters. The Bertz CT molecular complexity index is 501. The van der Waals surface area contributed by atoms with Crippen molar-refractivity contribution in [3.8, 4) is 0 Å². The lowest BCUT2D eigenvalue weighted by molar-refractivity contribution is 0.319. The average Bonchev–Trinajstić information content (AvgIpc) is 2.77. The monoisotopic (exact) mass is 258 g/mol. The largest absolute Gasteiger partial charge is 0.330 e. The van der Waals surface area contributed by atoms with Crippen LogP contribution in [0.25, 0.3) is 0 Å². The van der Waals surface area contributed by atoms with Gasteiger partial charge in [-0.05, 0) is 31.1 Å². The Balaban J connectivity index is 1.89. The minimum Gasteiger partial charge on any atom is -0.330 e. The van der Waals surface area contributed by atoms with Crippen LogP contribution in [0.1, 0.15) is 16.7 Å². The number of nitrogens with zero attached hydrogens (tertiary/aromatic N) is 3. The van der Waals surface area contributed by atoms with Gasteiger partial charge in [0.1, 0.15) is 0 Å². The maximum atomic E-state index is 5.55. The highest BCUT2D eigenvalue weighted by atomic mass is 15.2. The van der Waals surface area contributed by atoms with Crippen molar-refractivity contribution in [1.29, 1.82) is 0 Å². The number of nitrogens with two attached hydrogens (primary N) is 1. The Morgan fingerprint density at radius 3 is 2.32 bits per heavy atom. The van der Waals surface area contributed by atoms with E-state index in [1.54, 1.807) is 0 Å². The summed E-state index contributed by atoms with van der Waals surface area (Å²) in [5, 5.41) is 4.19. The number of rotatable bonds is 6. The summed E-state index contributed by atoms with van der Waals surface area (Å²) < 4.78 is 1.84. The van der Waals surface area contributed by atoms with Gasteiger partial charge in [0.05, 0.1) is 6.20 Å². The standard InChI is InChI=1S/C15H22N4/c1-18(11-15-9-17-19(2)12-15)10-14-5-3-13(4-6-14)7-8-16/h3-6,9,12H,7-8,10-11,16H2,1-2H3. The predicted octanol–water partition coefficient (Wildman–Crippen LogP) is 1.55. The van der Waals surface area contributed by atoms with Gasteiger partial charge in [0.25, 0.3) is 0 Å². The molecule has 19 heavy (non-hydrogen) atoms. The van der Waals surface area contributed by atoms with E-state index in [4.69, 9.17) is 5.73 Å². The molecule has 1 aromatic carbocycles. The second kappa shape index (κ2) is 6.50. The molecule has 0 spiro atoms. The molecule has 0 bridgehead atoms. The maximum absolute atomic E-state index is 5.55. The summed E-state index contributed by atoms with van der Waals surface area (Å²) in [6.45, 7) is 2.57. The quantitative estimate of drug-likeness (QED) is 0.855. The normalized spacial score (nSPS) is 11.2. The van der Waals surface area contributed by atoms with Crippen LogP contribution in [0.15, 0.2) is 36.7 Å². The van der Waals surface area contributed by atoms with Crippen LogP contribution in [-0.2, 0) is 26.6 Å². The minimum absolute atomic E-state index is 0.709. The highest BCUT2D eigenvalue weighted by Gasteiger charge is 2.03. The molecular weight excluding hydrogens is 236 g/mol. The second-order valence-electron chi connectivity index (χ2n) is 5.05. The first-order valence-electron chi connectivity index (χ1n) is 6.61. The molecule has 1 heterocycles. The van der Waals surface area contributed by atoms with Crippen LogP contribution in [0.4, 0.5) is 0 Å². The molecule has 0 amide bonds. The Hall–Kier alpha value is -1.65. The second-order valence-corrected chi connectivity index (χ2v) is 5.05. The fourth-order valence-electron chi connectivity index (χ4n) is 2.21. The summed E-state index contributed by atoms with van der Waals surface area (Å²) in [4.78, 5) is 2.29. The third-order valence-corrected chi connectivity index (χ3v) is 3.12. The first kappa shape index (κ1) is 13.8. The maximum Gasteiger partial charge on any atom is 0.0534 e. The molecule has 0 unspecified atom stereocenters. The van der Waals surface area contributed by atoms with Crippen molar-refractivity contribution in [3.63, 3.8) is 0 Å². The van der Waals surface area contributed by atoms with Gasteiger partial charge in [-0.3, -0.25) is 9.58 Å². The van der Waals surface area contributed by atoms with Gasteiger partial charge >= 0.3 is 0 Å². The van der Waals surface area contributed by atoms with Gasteiger partial charge < -0.3 is 5.73 Å². The third kappa shape index (κ3) is 4.19. The van der Waals surface area contributed by atoms with Crippen LogP contribution in [0, 0.1) is 0 Å². The molecule has 2 aromatic rings. The number of aryl methyl sites for hydroxylation is 1. The fraction of sp³-hybridized carbons (Fsp3) is 0.400. The van der Waals surface area contributed by atoms with E-state index >= 15 is 0 Å². The number of benzene rings is 1. The molecular formula is C15H22N4. The van der Waals surface area contributed by atoms with Crippen LogP contribution >= 0.6 is 0 Å². The molecule has 0 aliphatic heterocycles. The number of aromatic nitrogens is 2. The topological polar surface area (TPSA) is 47.1 Å². The van der Waals surface area contributed by atoms with Gasteiger partial charge in [-0.25, -0.2) is 0 Å². The van der Waals surface area contributed by atoms with Crippen LogP contribution in [-0.4, -0.2) is 28.3 Å². The summed E-state index contributed by atoms with van der Waals surface area (Å²) in [7, 11) is 4.07. The zero-order valence-electron chi connectivity index (χ0n) is 11.7. The Morgan fingerprint density at radius 2 is 1.74 bits per heavy atom.